The minimum atomic E-state index is -0.314. The third-order valence-corrected chi connectivity index (χ3v) is 2.26. The highest BCUT2D eigenvalue weighted by Gasteiger charge is 2.08. The van der Waals surface area contributed by atoms with Gasteiger partial charge in [0.05, 0.1) is 18.5 Å². The molecule has 21 heavy (non-hydrogen) atoms. The van der Waals surface area contributed by atoms with Crippen molar-refractivity contribution in [1.29, 1.82) is 10.5 Å². The Bertz CT molecular complexity index is 612. The smallest absolute Gasteiger partial charge is 0.250 e. The van der Waals surface area contributed by atoms with Gasteiger partial charge >= 0.3 is 0 Å². The third kappa shape index (κ3) is 4.82. The van der Waals surface area contributed by atoms with Crippen molar-refractivity contribution in [3.63, 3.8) is 0 Å². The zero-order chi connectivity index (χ0) is 15.7. The van der Waals surface area contributed by atoms with Crippen molar-refractivity contribution in [2.24, 2.45) is 5.10 Å². The SMILES string of the molecule is COCC(=O)Nc1ccc(NN=C(C#N)C#N)cc1OC. The van der Waals surface area contributed by atoms with Gasteiger partial charge in [-0.25, -0.2) is 0 Å². The Morgan fingerprint density at radius 2 is 2.05 bits per heavy atom. The predicted octanol–water partition coefficient (Wildman–Crippen LogP) is 1.10. The van der Waals surface area contributed by atoms with Gasteiger partial charge in [-0.05, 0) is 12.1 Å². The molecule has 8 nitrogen and oxygen atoms in total. The number of anilines is 2. The van der Waals surface area contributed by atoms with Gasteiger partial charge in [-0.2, -0.15) is 15.6 Å². The van der Waals surface area contributed by atoms with Crippen molar-refractivity contribution in [1.82, 2.24) is 0 Å². The first-order chi connectivity index (χ1) is 10.1. The number of nitrogens with one attached hydrogen (secondary N) is 2. The summed E-state index contributed by atoms with van der Waals surface area (Å²) < 4.78 is 9.87. The summed E-state index contributed by atoms with van der Waals surface area (Å²) in [6, 6.07) is 8.03. The first kappa shape index (κ1) is 16.0. The summed E-state index contributed by atoms with van der Waals surface area (Å²) >= 11 is 0. The van der Waals surface area contributed by atoms with E-state index in [9.17, 15) is 4.79 Å². The molecular formula is C13H13N5O3. The number of hydrazone groups is 1. The first-order valence-corrected chi connectivity index (χ1v) is 5.75. The Morgan fingerprint density at radius 3 is 2.62 bits per heavy atom. The monoisotopic (exact) mass is 287 g/mol. The molecule has 0 fully saturated rings. The van der Waals surface area contributed by atoms with Crippen LogP contribution in [0, 0.1) is 22.7 Å². The summed E-state index contributed by atoms with van der Waals surface area (Å²) in [5.74, 6) is 0.0842. The van der Waals surface area contributed by atoms with Crippen LogP contribution in [0.3, 0.4) is 0 Å². The summed E-state index contributed by atoms with van der Waals surface area (Å²) in [7, 11) is 2.87. The van der Waals surface area contributed by atoms with E-state index >= 15 is 0 Å². The third-order valence-electron chi connectivity index (χ3n) is 2.26. The maximum absolute atomic E-state index is 11.5. The fourth-order valence-electron chi connectivity index (χ4n) is 1.38. The average molecular weight is 287 g/mol. The fraction of sp³-hybridized carbons (Fsp3) is 0.231. The van der Waals surface area contributed by atoms with Gasteiger partial charge in [0.2, 0.25) is 11.6 Å². The van der Waals surface area contributed by atoms with Gasteiger partial charge in [0.1, 0.15) is 24.5 Å². The lowest BCUT2D eigenvalue weighted by atomic mass is 10.2. The molecule has 0 aliphatic heterocycles. The highest BCUT2D eigenvalue weighted by atomic mass is 16.5. The number of amides is 1. The van der Waals surface area contributed by atoms with Gasteiger partial charge in [-0.1, -0.05) is 0 Å². The van der Waals surface area contributed by atoms with E-state index < -0.39 is 0 Å². The minimum absolute atomic E-state index is 0.0683. The van der Waals surface area contributed by atoms with Crippen LogP contribution >= 0.6 is 0 Å². The van der Waals surface area contributed by atoms with E-state index in [0.717, 1.165) is 0 Å². The Kier molecular flexibility index (Phi) is 6.19. The minimum Gasteiger partial charge on any atom is -0.494 e. The number of hydrogen-bond acceptors (Lipinski definition) is 7. The number of hydrogen-bond donors (Lipinski definition) is 2. The highest BCUT2D eigenvalue weighted by Crippen LogP contribution is 2.27. The van der Waals surface area contributed by atoms with E-state index in [1.807, 2.05) is 0 Å². The number of benzene rings is 1. The molecule has 0 atom stereocenters. The van der Waals surface area contributed by atoms with Crippen LogP contribution in [0.15, 0.2) is 23.3 Å². The Hall–Kier alpha value is -3.10. The molecule has 1 amide bonds. The number of carbonyl (C=O) groups excluding carboxylic acids is 1. The molecule has 0 unspecified atom stereocenters. The van der Waals surface area contributed by atoms with Crippen molar-refractivity contribution in [2.75, 3.05) is 31.6 Å². The van der Waals surface area contributed by atoms with Crippen LogP contribution in [0.5, 0.6) is 5.75 Å². The fourth-order valence-corrected chi connectivity index (χ4v) is 1.38. The predicted molar refractivity (Wildman–Crippen MR) is 75.8 cm³/mol. The van der Waals surface area contributed by atoms with Crippen LogP contribution in [-0.4, -0.2) is 32.4 Å². The summed E-state index contributed by atoms with van der Waals surface area (Å²) in [5.41, 5.74) is 3.22. The second-order valence-electron chi connectivity index (χ2n) is 3.69. The van der Waals surface area contributed by atoms with Gasteiger partial charge in [0.25, 0.3) is 0 Å². The Labute approximate surface area is 121 Å². The second kappa shape index (κ2) is 8.15. The maximum atomic E-state index is 11.5. The van der Waals surface area contributed by atoms with Crippen molar-refractivity contribution in [3.8, 4) is 17.9 Å². The Morgan fingerprint density at radius 1 is 1.33 bits per heavy atom. The van der Waals surface area contributed by atoms with E-state index in [-0.39, 0.29) is 18.2 Å². The molecule has 0 aliphatic carbocycles. The quantitative estimate of drug-likeness (QED) is 0.597. The molecule has 1 aromatic carbocycles. The number of carbonyl (C=O) groups is 1. The molecular weight excluding hydrogens is 274 g/mol. The van der Waals surface area contributed by atoms with Gasteiger partial charge in [0, 0.05) is 13.2 Å². The maximum Gasteiger partial charge on any atom is 0.250 e. The van der Waals surface area contributed by atoms with Crippen LogP contribution in [0.25, 0.3) is 0 Å². The molecule has 2 N–H and O–H groups in total. The normalized spacial score (nSPS) is 8.95. The van der Waals surface area contributed by atoms with E-state index in [1.54, 1.807) is 30.3 Å². The number of methoxy groups -OCH3 is 2. The molecule has 0 saturated carbocycles. The molecule has 108 valence electrons. The van der Waals surface area contributed by atoms with Crippen LogP contribution in [0.1, 0.15) is 0 Å². The van der Waals surface area contributed by atoms with E-state index in [1.165, 1.54) is 14.2 Å². The molecule has 0 heterocycles. The summed E-state index contributed by atoms with van der Waals surface area (Å²) in [6.45, 7) is -0.0683. The van der Waals surface area contributed by atoms with E-state index in [0.29, 0.717) is 17.1 Å². The van der Waals surface area contributed by atoms with Crippen molar-refractivity contribution in [3.05, 3.63) is 18.2 Å². The van der Waals surface area contributed by atoms with Gasteiger partial charge in [-0.15, -0.1) is 0 Å². The van der Waals surface area contributed by atoms with Crippen molar-refractivity contribution in [2.45, 2.75) is 0 Å². The summed E-state index contributed by atoms with van der Waals surface area (Å²) in [6.07, 6.45) is 0. The lowest BCUT2D eigenvalue weighted by molar-refractivity contribution is -0.119. The molecule has 0 radical (unpaired) electrons. The number of ether oxygens (including phenoxy) is 2. The van der Waals surface area contributed by atoms with Gasteiger partial charge in [0.15, 0.2) is 0 Å². The van der Waals surface area contributed by atoms with Gasteiger partial charge in [-0.3, -0.25) is 10.2 Å². The second-order valence-corrected chi connectivity index (χ2v) is 3.69. The van der Waals surface area contributed by atoms with Crippen LogP contribution < -0.4 is 15.5 Å². The zero-order valence-corrected chi connectivity index (χ0v) is 11.5. The lowest BCUT2D eigenvalue weighted by Crippen LogP contribution is -2.17. The molecule has 0 spiro atoms. The van der Waals surface area contributed by atoms with E-state index in [2.05, 4.69) is 15.8 Å². The lowest BCUT2D eigenvalue weighted by Gasteiger charge is -2.11. The topological polar surface area (TPSA) is 120 Å². The average Bonchev–Trinajstić information content (AvgIpc) is 2.49. The standard InChI is InChI=1S/C13H13N5O3/c1-20-8-13(19)16-11-4-3-9(5-12(11)21-2)17-18-10(6-14)7-15/h3-5,17H,8H2,1-2H3,(H,16,19). The molecule has 1 aromatic rings. The molecule has 0 saturated heterocycles. The zero-order valence-electron chi connectivity index (χ0n) is 11.5. The molecule has 8 heteroatoms. The first-order valence-electron chi connectivity index (χ1n) is 5.75. The van der Waals surface area contributed by atoms with Crippen molar-refractivity contribution < 1.29 is 14.3 Å². The van der Waals surface area contributed by atoms with Gasteiger partial charge < -0.3 is 14.8 Å². The summed E-state index contributed by atoms with van der Waals surface area (Å²) in [4.78, 5) is 11.5. The van der Waals surface area contributed by atoms with Crippen molar-refractivity contribution >= 4 is 23.0 Å². The molecule has 0 aliphatic rings. The molecule has 1 rings (SSSR count). The Balaban J connectivity index is 2.89. The largest absolute Gasteiger partial charge is 0.494 e. The van der Waals surface area contributed by atoms with E-state index in [4.69, 9.17) is 20.0 Å². The molecule has 0 aromatic heterocycles. The van der Waals surface area contributed by atoms with Crippen LogP contribution in [0.4, 0.5) is 11.4 Å². The summed E-state index contributed by atoms with van der Waals surface area (Å²) in [5, 5.41) is 23.4. The number of nitriles is 2. The van der Waals surface area contributed by atoms with Crippen LogP contribution in [-0.2, 0) is 9.53 Å². The highest BCUT2D eigenvalue weighted by molar-refractivity contribution is 6.10. The van der Waals surface area contributed by atoms with Crippen LogP contribution in [0.2, 0.25) is 0 Å². The number of rotatable bonds is 6. The number of nitrogens with zero attached hydrogens (tertiary/aromatic N) is 3. The molecule has 0 bridgehead atoms.